The lowest BCUT2D eigenvalue weighted by Gasteiger charge is -2.30. The van der Waals surface area contributed by atoms with Crippen LogP contribution < -0.4 is 15.0 Å². The number of carbonyl (C=O) groups excluding carboxylic acids is 2. The first-order chi connectivity index (χ1) is 15.0. The van der Waals surface area contributed by atoms with Gasteiger partial charge in [0.1, 0.15) is 5.75 Å². The van der Waals surface area contributed by atoms with Crippen LogP contribution in [0.3, 0.4) is 0 Å². The van der Waals surface area contributed by atoms with Crippen molar-refractivity contribution in [1.82, 2.24) is 5.16 Å². The van der Waals surface area contributed by atoms with E-state index in [0.717, 1.165) is 18.4 Å². The van der Waals surface area contributed by atoms with Crippen LogP contribution >= 0.6 is 0 Å². The molecule has 31 heavy (non-hydrogen) atoms. The van der Waals surface area contributed by atoms with Gasteiger partial charge >= 0.3 is 0 Å². The zero-order chi connectivity index (χ0) is 21.5. The molecule has 2 amide bonds. The van der Waals surface area contributed by atoms with Crippen LogP contribution in [0.2, 0.25) is 0 Å². The quantitative estimate of drug-likeness (QED) is 0.690. The van der Waals surface area contributed by atoms with E-state index >= 15 is 0 Å². The maximum Gasteiger partial charge on any atom is 0.277 e. The van der Waals surface area contributed by atoms with E-state index in [0.29, 0.717) is 22.9 Å². The summed E-state index contributed by atoms with van der Waals surface area (Å²) in [5.41, 5.74) is 5.00. The molecule has 1 aliphatic carbocycles. The number of amides is 2. The Bertz CT molecular complexity index is 1180. The van der Waals surface area contributed by atoms with Crippen molar-refractivity contribution in [2.24, 2.45) is 0 Å². The van der Waals surface area contributed by atoms with E-state index in [1.165, 1.54) is 28.9 Å². The second-order valence-electron chi connectivity index (χ2n) is 8.06. The standard InChI is InChI=1S/C24H23N3O4/c1-14-24(29)27(2)20-12-18(9-10-21(20)30-14)25-23(28)19-13-22(31-26-19)17-8-7-15-5-3-4-6-16(15)11-17/h7-14H,3-6H2,1-2H3,(H,25,28). The van der Waals surface area contributed by atoms with Crippen molar-refractivity contribution < 1.29 is 18.8 Å². The van der Waals surface area contributed by atoms with Gasteiger partial charge in [0.15, 0.2) is 17.6 Å². The van der Waals surface area contributed by atoms with Crippen molar-refractivity contribution >= 4 is 23.2 Å². The molecule has 7 heteroatoms. The molecule has 1 N–H and O–H groups in total. The fourth-order valence-corrected chi connectivity index (χ4v) is 4.19. The second kappa shape index (κ2) is 7.58. The Hall–Kier alpha value is -3.61. The molecule has 2 aliphatic rings. The van der Waals surface area contributed by atoms with E-state index in [2.05, 4.69) is 22.6 Å². The number of hydrogen-bond donors (Lipinski definition) is 1. The molecule has 2 aromatic carbocycles. The first-order valence-electron chi connectivity index (χ1n) is 10.5. The van der Waals surface area contributed by atoms with Gasteiger partial charge in [-0.1, -0.05) is 17.3 Å². The fraction of sp³-hybridized carbons (Fsp3) is 0.292. The van der Waals surface area contributed by atoms with Gasteiger partial charge in [-0.3, -0.25) is 9.59 Å². The monoisotopic (exact) mass is 417 g/mol. The average molecular weight is 417 g/mol. The van der Waals surface area contributed by atoms with Crippen LogP contribution in [0.15, 0.2) is 47.0 Å². The number of anilines is 2. The summed E-state index contributed by atoms with van der Waals surface area (Å²) in [6.45, 7) is 1.71. The molecule has 0 bridgehead atoms. The van der Waals surface area contributed by atoms with Crippen LogP contribution in [-0.4, -0.2) is 30.1 Å². The number of nitrogens with one attached hydrogen (secondary N) is 1. The van der Waals surface area contributed by atoms with Crippen LogP contribution in [0, 0.1) is 0 Å². The maximum atomic E-state index is 12.7. The van der Waals surface area contributed by atoms with Crippen LogP contribution in [0.4, 0.5) is 11.4 Å². The molecule has 0 fully saturated rings. The molecule has 0 radical (unpaired) electrons. The Morgan fingerprint density at radius 2 is 1.90 bits per heavy atom. The summed E-state index contributed by atoms with van der Waals surface area (Å²) in [5.74, 6) is 0.648. The predicted octanol–water partition coefficient (Wildman–Crippen LogP) is 4.22. The number of likely N-dealkylation sites (N-methyl/N-ethyl adjacent to an activating group) is 1. The molecule has 0 saturated carbocycles. The van der Waals surface area contributed by atoms with E-state index in [1.807, 2.05) is 6.07 Å². The third-order valence-electron chi connectivity index (χ3n) is 5.94. The Labute approximate surface area is 180 Å². The van der Waals surface area contributed by atoms with Gasteiger partial charge in [-0.15, -0.1) is 0 Å². The van der Waals surface area contributed by atoms with Crippen LogP contribution in [0.5, 0.6) is 5.75 Å². The third-order valence-corrected chi connectivity index (χ3v) is 5.94. The molecule has 158 valence electrons. The number of aromatic nitrogens is 1. The Balaban J connectivity index is 1.34. The lowest BCUT2D eigenvalue weighted by atomic mass is 9.90. The van der Waals surface area contributed by atoms with Crippen LogP contribution in [0.25, 0.3) is 11.3 Å². The summed E-state index contributed by atoms with van der Waals surface area (Å²) in [6, 6.07) is 13.1. The molecule has 1 aliphatic heterocycles. The molecule has 1 aromatic heterocycles. The highest BCUT2D eigenvalue weighted by molar-refractivity contribution is 6.05. The smallest absolute Gasteiger partial charge is 0.277 e. The summed E-state index contributed by atoms with van der Waals surface area (Å²) >= 11 is 0. The number of benzene rings is 2. The molecule has 2 heterocycles. The van der Waals surface area contributed by atoms with Crippen molar-refractivity contribution in [3.05, 3.63) is 59.3 Å². The van der Waals surface area contributed by atoms with Gasteiger partial charge in [0.25, 0.3) is 11.8 Å². The van der Waals surface area contributed by atoms with Crippen molar-refractivity contribution in [3.8, 4) is 17.1 Å². The normalized spacial score (nSPS) is 17.5. The number of nitrogens with zero attached hydrogens (tertiary/aromatic N) is 2. The van der Waals surface area contributed by atoms with Gasteiger partial charge < -0.3 is 19.5 Å². The zero-order valence-electron chi connectivity index (χ0n) is 17.5. The minimum absolute atomic E-state index is 0.137. The third kappa shape index (κ3) is 3.56. The lowest BCUT2D eigenvalue weighted by molar-refractivity contribution is -0.125. The predicted molar refractivity (Wildman–Crippen MR) is 116 cm³/mol. The fourth-order valence-electron chi connectivity index (χ4n) is 4.19. The minimum atomic E-state index is -0.532. The van der Waals surface area contributed by atoms with Gasteiger partial charge in [0.2, 0.25) is 0 Å². The van der Waals surface area contributed by atoms with Crippen molar-refractivity contribution in [3.63, 3.8) is 0 Å². The van der Waals surface area contributed by atoms with Gasteiger partial charge in [0, 0.05) is 24.4 Å². The molecule has 5 rings (SSSR count). The second-order valence-corrected chi connectivity index (χ2v) is 8.06. The molecular weight excluding hydrogens is 394 g/mol. The molecule has 1 unspecified atom stereocenters. The highest BCUT2D eigenvalue weighted by Gasteiger charge is 2.29. The average Bonchev–Trinajstić information content (AvgIpc) is 3.28. The van der Waals surface area contributed by atoms with E-state index in [9.17, 15) is 9.59 Å². The number of hydrogen-bond acceptors (Lipinski definition) is 5. The molecule has 0 spiro atoms. The number of ether oxygens (including phenoxy) is 1. The highest BCUT2D eigenvalue weighted by Crippen LogP contribution is 2.35. The van der Waals surface area contributed by atoms with Crippen LogP contribution in [0.1, 0.15) is 41.4 Å². The van der Waals surface area contributed by atoms with E-state index in [4.69, 9.17) is 9.26 Å². The molecule has 3 aromatic rings. The van der Waals surface area contributed by atoms with Gasteiger partial charge in [-0.2, -0.15) is 0 Å². The Morgan fingerprint density at radius 1 is 1.10 bits per heavy atom. The maximum absolute atomic E-state index is 12.7. The number of carbonyl (C=O) groups is 2. The topological polar surface area (TPSA) is 84.7 Å². The van der Waals surface area contributed by atoms with Crippen molar-refractivity contribution in [1.29, 1.82) is 0 Å². The van der Waals surface area contributed by atoms with Crippen LogP contribution in [-0.2, 0) is 17.6 Å². The number of rotatable bonds is 3. The molecule has 1 atom stereocenters. The Kier molecular flexibility index (Phi) is 4.73. The SMILES string of the molecule is CC1Oc2ccc(NC(=O)c3cc(-c4ccc5c(c4)CCCC5)on3)cc2N(C)C1=O. The molecule has 0 saturated heterocycles. The summed E-state index contributed by atoms with van der Waals surface area (Å²) in [5, 5.41) is 6.76. The summed E-state index contributed by atoms with van der Waals surface area (Å²) < 4.78 is 11.1. The van der Waals surface area contributed by atoms with Gasteiger partial charge in [-0.05, 0) is 68.0 Å². The molecular formula is C24H23N3O4. The van der Waals surface area contributed by atoms with E-state index in [-0.39, 0.29) is 17.5 Å². The number of aryl methyl sites for hydroxylation is 2. The van der Waals surface area contributed by atoms with E-state index in [1.54, 1.807) is 38.2 Å². The summed E-state index contributed by atoms with van der Waals surface area (Å²) in [7, 11) is 1.69. The first kappa shape index (κ1) is 19.4. The van der Waals surface area contributed by atoms with Crippen molar-refractivity contribution in [2.45, 2.75) is 38.7 Å². The van der Waals surface area contributed by atoms with Gasteiger partial charge in [-0.25, -0.2) is 0 Å². The minimum Gasteiger partial charge on any atom is -0.479 e. The van der Waals surface area contributed by atoms with Crippen molar-refractivity contribution in [2.75, 3.05) is 17.3 Å². The summed E-state index contributed by atoms with van der Waals surface area (Å²) in [4.78, 5) is 26.4. The lowest BCUT2D eigenvalue weighted by Crippen LogP contribution is -2.41. The highest BCUT2D eigenvalue weighted by atomic mass is 16.5. The zero-order valence-corrected chi connectivity index (χ0v) is 17.5. The molecule has 7 nitrogen and oxygen atoms in total. The van der Waals surface area contributed by atoms with Gasteiger partial charge in [0.05, 0.1) is 5.69 Å². The first-order valence-corrected chi connectivity index (χ1v) is 10.5. The Morgan fingerprint density at radius 3 is 2.74 bits per heavy atom. The number of fused-ring (bicyclic) bond motifs is 2. The summed E-state index contributed by atoms with van der Waals surface area (Å²) in [6.07, 6.45) is 4.09. The largest absolute Gasteiger partial charge is 0.479 e. The van der Waals surface area contributed by atoms with E-state index < -0.39 is 6.10 Å².